The van der Waals surface area contributed by atoms with E-state index < -0.39 is 0 Å². The van der Waals surface area contributed by atoms with Crippen LogP contribution in [0.5, 0.6) is 0 Å². The predicted molar refractivity (Wildman–Crippen MR) is 104 cm³/mol. The quantitative estimate of drug-likeness (QED) is 0.707. The van der Waals surface area contributed by atoms with Crippen LogP contribution >= 0.6 is 12.4 Å². The molecule has 2 unspecified atom stereocenters. The molecular weight excluding hydrogens is 334 g/mol. The fourth-order valence-electron chi connectivity index (χ4n) is 4.64. The van der Waals surface area contributed by atoms with Gasteiger partial charge in [0.1, 0.15) is 6.10 Å². The van der Waals surface area contributed by atoms with E-state index in [2.05, 4.69) is 57.0 Å². The topological polar surface area (TPSA) is 29.5 Å². The molecule has 0 aliphatic carbocycles. The van der Waals surface area contributed by atoms with Crippen LogP contribution in [0.1, 0.15) is 63.0 Å². The summed E-state index contributed by atoms with van der Waals surface area (Å²) in [7, 11) is 2.19. The van der Waals surface area contributed by atoms with Crippen molar-refractivity contribution < 1.29 is 9.53 Å². The number of nitrogens with zero attached hydrogens (tertiary/aromatic N) is 1. The average Bonchev–Trinajstić information content (AvgIpc) is 2.83. The number of rotatable bonds is 5. The Balaban J connectivity index is 0.00000225. The molecule has 0 N–H and O–H groups in total. The Morgan fingerprint density at radius 3 is 2.44 bits per heavy atom. The Bertz CT molecular complexity index is 570. The van der Waals surface area contributed by atoms with Gasteiger partial charge < -0.3 is 4.74 Å². The predicted octanol–water partition coefficient (Wildman–Crippen LogP) is 4.71. The van der Waals surface area contributed by atoms with Crippen molar-refractivity contribution in [3.63, 3.8) is 0 Å². The molecule has 0 aromatic heterocycles. The lowest BCUT2D eigenvalue weighted by atomic mass is 9.76. The summed E-state index contributed by atoms with van der Waals surface area (Å²) in [5, 5.41) is 0. The van der Waals surface area contributed by atoms with E-state index in [0.717, 1.165) is 25.7 Å². The van der Waals surface area contributed by atoms with Crippen molar-refractivity contribution >= 4 is 18.4 Å². The molecule has 3 rings (SSSR count). The lowest BCUT2D eigenvalue weighted by molar-refractivity contribution is -0.159. The van der Waals surface area contributed by atoms with Crippen molar-refractivity contribution in [3.8, 4) is 0 Å². The second-order valence-corrected chi connectivity index (χ2v) is 7.62. The number of benzene rings is 1. The lowest BCUT2D eigenvalue weighted by Gasteiger charge is -2.42. The van der Waals surface area contributed by atoms with E-state index in [4.69, 9.17) is 4.74 Å². The van der Waals surface area contributed by atoms with E-state index in [1.54, 1.807) is 0 Å². The van der Waals surface area contributed by atoms with E-state index >= 15 is 0 Å². The van der Waals surface area contributed by atoms with Crippen molar-refractivity contribution in [2.45, 2.75) is 77.0 Å². The third-order valence-corrected chi connectivity index (χ3v) is 6.24. The first-order chi connectivity index (χ1) is 11.5. The van der Waals surface area contributed by atoms with Gasteiger partial charge in [-0.3, -0.25) is 9.69 Å². The zero-order chi connectivity index (χ0) is 17.3. The number of fused-ring (bicyclic) bond motifs is 2. The maximum absolute atomic E-state index is 13.1. The van der Waals surface area contributed by atoms with E-state index in [9.17, 15) is 4.79 Å². The van der Waals surface area contributed by atoms with Crippen molar-refractivity contribution in [2.24, 2.45) is 5.92 Å². The normalized spacial score (nSPS) is 28.7. The molecule has 4 heteroatoms. The van der Waals surface area contributed by atoms with E-state index in [-0.39, 0.29) is 30.4 Å². The minimum Gasteiger partial charge on any atom is -0.462 e. The van der Waals surface area contributed by atoms with Gasteiger partial charge in [0.15, 0.2) is 0 Å². The molecule has 4 atom stereocenters. The largest absolute Gasteiger partial charge is 0.462 e. The number of esters is 1. The third-order valence-electron chi connectivity index (χ3n) is 6.24. The van der Waals surface area contributed by atoms with Gasteiger partial charge in [-0.15, -0.1) is 12.4 Å². The van der Waals surface area contributed by atoms with Gasteiger partial charge in [-0.1, -0.05) is 43.7 Å². The van der Waals surface area contributed by atoms with Crippen LogP contribution in [0.3, 0.4) is 0 Å². The van der Waals surface area contributed by atoms with Crippen LogP contribution in [0, 0.1) is 12.8 Å². The third kappa shape index (κ3) is 4.03. The number of halogens is 1. The van der Waals surface area contributed by atoms with Crippen molar-refractivity contribution in [1.82, 2.24) is 4.90 Å². The summed E-state index contributed by atoms with van der Waals surface area (Å²) in [5.41, 5.74) is 2.57. The second kappa shape index (κ2) is 8.55. The summed E-state index contributed by atoms with van der Waals surface area (Å²) in [5.74, 6) is 0.282. The summed E-state index contributed by atoms with van der Waals surface area (Å²) in [6.45, 7) is 6.30. The van der Waals surface area contributed by atoms with Crippen LogP contribution in [0.4, 0.5) is 0 Å². The molecule has 2 saturated heterocycles. The molecule has 2 fully saturated rings. The smallest absolute Gasteiger partial charge is 0.311 e. The van der Waals surface area contributed by atoms with Crippen LogP contribution in [0.2, 0.25) is 0 Å². The summed E-state index contributed by atoms with van der Waals surface area (Å²) < 4.78 is 5.90. The fraction of sp³-hybridized carbons (Fsp3) is 0.667. The average molecular weight is 366 g/mol. The molecule has 25 heavy (non-hydrogen) atoms. The van der Waals surface area contributed by atoms with Crippen LogP contribution in [-0.4, -0.2) is 36.1 Å². The number of hydrogen-bond donors (Lipinski definition) is 0. The molecule has 2 aliphatic heterocycles. The summed E-state index contributed by atoms with van der Waals surface area (Å²) >= 11 is 0. The molecule has 0 radical (unpaired) electrons. The molecule has 3 nitrogen and oxygen atoms in total. The second-order valence-electron chi connectivity index (χ2n) is 7.62. The lowest BCUT2D eigenvalue weighted by Crippen LogP contribution is -2.49. The Kier molecular flexibility index (Phi) is 6.93. The van der Waals surface area contributed by atoms with E-state index in [1.807, 2.05) is 0 Å². The minimum atomic E-state index is -0.0305. The summed E-state index contributed by atoms with van der Waals surface area (Å²) in [4.78, 5) is 15.5. The van der Waals surface area contributed by atoms with Gasteiger partial charge >= 0.3 is 5.97 Å². The van der Waals surface area contributed by atoms with Gasteiger partial charge in [-0.25, -0.2) is 0 Å². The molecule has 1 aromatic rings. The summed E-state index contributed by atoms with van der Waals surface area (Å²) in [6.07, 6.45) is 5.24. The van der Waals surface area contributed by atoms with Gasteiger partial charge in [0, 0.05) is 18.0 Å². The van der Waals surface area contributed by atoms with Crippen LogP contribution in [-0.2, 0) is 9.53 Å². The Labute approximate surface area is 158 Å². The molecule has 2 bridgehead atoms. The zero-order valence-electron chi connectivity index (χ0n) is 15.9. The Morgan fingerprint density at radius 2 is 1.84 bits per heavy atom. The first-order valence-corrected chi connectivity index (χ1v) is 9.54. The molecule has 2 aliphatic rings. The standard InChI is InChI=1S/C21H31NO2.ClH/c1-5-17(6-2)24-21(23)20-18(15-9-7-14(3)8-10-15)13-16-11-12-19(20)22(16)4;/h7-10,16-20H,5-6,11-13H2,1-4H3;1H/t16-,18-,19?,20?;/m1./s1. The minimum absolute atomic E-state index is 0. The Hall–Kier alpha value is -1.06. The molecule has 1 aromatic carbocycles. The van der Waals surface area contributed by atoms with Gasteiger partial charge in [0.25, 0.3) is 0 Å². The monoisotopic (exact) mass is 365 g/mol. The van der Waals surface area contributed by atoms with Gasteiger partial charge in [0.2, 0.25) is 0 Å². The molecule has 140 valence electrons. The Morgan fingerprint density at radius 1 is 1.20 bits per heavy atom. The number of carbonyl (C=O) groups is 1. The maximum Gasteiger partial charge on any atom is 0.311 e. The SMILES string of the molecule is CCC(CC)OC(=O)C1C2CC[C@H](C[C@@H]1c1ccc(C)cc1)N2C.Cl. The van der Waals surface area contributed by atoms with Gasteiger partial charge in [-0.05, 0) is 51.6 Å². The molecule has 0 saturated carbocycles. The van der Waals surface area contributed by atoms with Crippen molar-refractivity contribution in [3.05, 3.63) is 35.4 Å². The highest BCUT2D eigenvalue weighted by atomic mass is 35.5. The molecule has 2 heterocycles. The van der Waals surface area contributed by atoms with Gasteiger partial charge in [-0.2, -0.15) is 0 Å². The highest BCUT2D eigenvalue weighted by Crippen LogP contribution is 2.46. The number of piperidine rings is 1. The molecule has 0 amide bonds. The fourth-order valence-corrected chi connectivity index (χ4v) is 4.64. The van der Waals surface area contributed by atoms with Crippen LogP contribution in [0.25, 0.3) is 0 Å². The van der Waals surface area contributed by atoms with E-state index in [1.165, 1.54) is 17.5 Å². The van der Waals surface area contributed by atoms with Crippen LogP contribution in [0.15, 0.2) is 24.3 Å². The first-order valence-electron chi connectivity index (χ1n) is 9.54. The van der Waals surface area contributed by atoms with Crippen LogP contribution < -0.4 is 0 Å². The number of aryl methyl sites for hydroxylation is 1. The number of carbonyl (C=O) groups excluding carboxylic acids is 1. The molecular formula is C21H32ClNO2. The first kappa shape index (κ1) is 20.3. The van der Waals surface area contributed by atoms with Gasteiger partial charge in [0.05, 0.1) is 5.92 Å². The highest BCUT2D eigenvalue weighted by molar-refractivity contribution is 5.85. The summed E-state index contributed by atoms with van der Waals surface area (Å²) in [6, 6.07) is 9.69. The molecule has 0 spiro atoms. The highest BCUT2D eigenvalue weighted by Gasteiger charge is 2.49. The number of ether oxygens (including phenoxy) is 1. The number of hydrogen-bond acceptors (Lipinski definition) is 3. The zero-order valence-corrected chi connectivity index (χ0v) is 16.7. The van der Waals surface area contributed by atoms with Crippen molar-refractivity contribution in [1.29, 1.82) is 0 Å². The van der Waals surface area contributed by atoms with Crippen molar-refractivity contribution in [2.75, 3.05) is 7.05 Å². The maximum atomic E-state index is 13.1. The van der Waals surface area contributed by atoms with E-state index in [0.29, 0.717) is 18.0 Å².